The molecule has 1 aromatic rings. The molecule has 8 heteroatoms. The molecule has 22 heavy (non-hydrogen) atoms. The van der Waals surface area contributed by atoms with Crippen LogP contribution in [0.3, 0.4) is 0 Å². The molecule has 1 amide bonds. The largest absolute Gasteiger partial charge is 0.481 e. The molecule has 0 aromatic heterocycles. The highest BCUT2D eigenvalue weighted by atomic mass is 16.6. The Kier molecular flexibility index (Phi) is 4.59. The van der Waals surface area contributed by atoms with E-state index in [1.54, 1.807) is 13.0 Å². The molecule has 1 heterocycles. The quantitative estimate of drug-likeness (QED) is 0.645. The number of amides is 1. The number of carboxylic acids is 1. The van der Waals surface area contributed by atoms with Gasteiger partial charge < -0.3 is 14.7 Å². The molecule has 1 aromatic carbocycles. The van der Waals surface area contributed by atoms with Crippen molar-refractivity contribution in [2.24, 2.45) is 11.8 Å². The Morgan fingerprint density at radius 1 is 1.41 bits per heavy atom. The van der Waals surface area contributed by atoms with Gasteiger partial charge in [-0.2, -0.15) is 0 Å². The van der Waals surface area contributed by atoms with Gasteiger partial charge in [-0.3, -0.25) is 19.7 Å². The number of hydrogen-bond acceptors (Lipinski definition) is 5. The third-order valence-corrected chi connectivity index (χ3v) is 3.70. The monoisotopic (exact) mass is 308 g/mol. The lowest BCUT2D eigenvalue weighted by atomic mass is 9.99. The predicted molar refractivity (Wildman–Crippen MR) is 75.5 cm³/mol. The molecule has 1 saturated heterocycles. The van der Waals surface area contributed by atoms with Gasteiger partial charge in [0.05, 0.1) is 10.8 Å². The first-order valence-corrected chi connectivity index (χ1v) is 6.77. The minimum Gasteiger partial charge on any atom is -0.481 e. The molecule has 8 nitrogen and oxygen atoms in total. The highest BCUT2D eigenvalue weighted by molar-refractivity contribution is 5.80. The van der Waals surface area contributed by atoms with Crippen molar-refractivity contribution in [3.63, 3.8) is 0 Å². The Morgan fingerprint density at radius 3 is 2.68 bits per heavy atom. The van der Waals surface area contributed by atoms with E-state index in [4.69, 9.17) is 9.84 Å². The molecule has 0 saturated carbocycles. The summed E-state index contributed by atoms with van der Waals surface area (Å²) in [5.74, 6) is -2.01. The zero-order chi connectivity index (χ0) is 16.3. The van der Waals surface area contributed by atoms with Crippen LogP contribution in [0.1, 0.15) is 6.92 Å². The molecule has 0 aliphatic carbocycles. The molecule has 0 spiro atoms. The number of rotatable bonds is 5. The van der Waals surface area contributed by atoms with E-state index in [1.807, 2.05) is 0 Å². The van der Waals surface area contributed by atoms with Crippen molar-refractivity contribution >= 4 is 17.6 Å². The van der Waals surface area contributed by atoms with Gasteiger partial charge in [0.2, 0.25) is 0 Å². The number of aliphatic carboxylic acids is 1. The van der Waals surface area contributed by atoms with Crippen molar-refractivity contribution in [1.82, 2.24) is 4.90 Å². The van der Waals surface area contributed by atoms with Crippen molar-refractivity contribution in [2.75, 3.05) is 19.7 Å². The van der Waals surface area contributed by atoms with Crippen molar-refractivity contribution in [3.8, 4) is 5.75 Å². The number of likely N-dealkylation sites (tertiary alicyclic amines) is 1. The average molecular weight is 308 g/mol. The molecule has 0 bridgehead atoms. The minimum atomic E-state index is -0.928. The summed E-state index contributed by atoms with van der Waals surface area (Å²) >= 11 is 0. The van der Waals surface area contributed by atoms with Gasteiger partial charge in [0.1, 0.15) is 0 Å². The van der Waals surface area contributed by atoms with E-state index in [-0.39, 0.29) is 36.4 Å². The number of ether oxygens (including phenoxy) is 1. The fourth-order valence-electron chi connectivity index (χ4n) is 2.45. The third-order valence-electron chi connectivity index (χ3n) is 3.70. The fraction of sp³-hybridized carbons (Fsp3) is 0.429. The Hall–Kier alpha value is -2.64. The lowest BCUT2D eigenvalue weighted by Crippen LogP contribution is -2.33. The maximum atomic E-state index is 12.1. The smallest absolute Gasteiger partial charge is 0.310 e. The van der Waals surface area contributed by atoms with Crippen molar-refractivity contribution in [1.29, 1.82) is 0 Å². The summed E-state index contributed by atoms with van der Waals surface area (Å²) in [6, 6.07) is 5.79. The van der Waals surface area contributed by atoms with Gasteiger partial charge in [0.15, 0.2) is 12.4 Å². The first-order chi connectivity index (χ1) is 10.4. The molecule has 0 unspecified atom stereocenters. The van der Waals surface area contributed by atoms with Gasteiger partial charge in [-0.1, -0.05) is 19.1 Å². The summed E-state index contributed by atoms with van der Waals surface area (Å²) in [6.45, 7) is 1.89. The Balaban J connectivity index is 1.97. The average Bonchev–Trinajstić information content (AvgIpc) is 2.87. The molecule has 1 fully saturated rings. The number of nitro groups is 1. The van der Waals surface area contributed by atoms with E-state index in [0.29, 0.717) is 6.54 Å². The Labute approximate surface area is 126 Å². The van der Waals surface area contributed by atoms with E-state index in [1.165, 1.54) is 23.1 Å². The van der Waals surface area contributed by atoms with Crippen LogP contribution in [0.2, 0.25) is 0 Å². The SMILES string of the molecule is C[C@@H]1CN(C(=O)COc2ccccc2[N+](=O)[O-])C[C@H]1C(=O)O. The lowest BCUT2D eigenvalue weighted by Gasteiger charge is -2.16. The number of carbonyl (C=O) groups excluding carboxylic acids is 1. The number of carbonyl (C=O) groups is 2. The van der Waals surface area contributed by atoms with E-state index in [2.05, 4.69) is 0 Å². The number of nitro benzene ring substituents is 1. The maximum absolute atomic E-state index is 12.1. The second kappa shape index (κ2) is 6.42. The lowest BCUT2D eigenvalue weighted by molar-refractivity contribution is -0.385. The summed E-state index contributed by atoms with van der Waals surface area (Å²) in [4.78, 5) is 34.8. The number of para-hydroxylation sites is 2. The molecule has 2 atom stereocenters. The van der Waals surface area contributed by atoms with Gasteiger partial charge >= 0.3 is 11.7 Å². The van der Waals surface area contributed by atoms with E-state index >= 15 is 0 Å². The number of carboxylic acid groups (broad SMARTS) is 1. The van der Waals surface area contributed by atoms with E-state index in [0.717, 1.165) is 0 Å². The van der Waals surface area contributed by atoms with Crippen LogP contribution >= 0.6 is 0 Å². The molecule has 1 aliphatic rings. The molecule has 118 valence electrons. The number of benzene rings is 1. The van der Waals surface area contributed by atoms with Gasteiger partial charge in [-0.15, -0.1) is 0 Å². The van der Waals surface area contributed by atoms with Gasteiger partial charge in [0.25, 0.3) is 5.91 Å². The summed E-state index contributed by atoms with van der Waals surface area (Å²) in [5.41, 5.74) is -0.214. The predicted octanol–water partition coefficient (Wildman–Crippen LogP) is 1.15. The maximum Gasteiger partial charge on any atom is 0.310 e. The summed E-state index contributed by atoms with van der Waals surface area (Å²) < 4.78 is 5.22. The van der Waals surface area contributed by atoms with E-state index < -0.39 is 16.8 Å². The topological polar surface area (TPSA) is 110 Å². The van der Waals surface area contributed by atoms with Crippen LogP contribution in [-0.4, -0.2) is 46.5 Å². The van der Waals surface area contributed by atoms with Crippen LogP contribution < -0.4 is 4.74 Å². The molecule has 1 N–H and O–H groups in total. The Morgan fingerprint density at radius 2 is 2.09 bits per heavy atom. The number of nitrogens with zero attached hydrogens (tertiary/aromatic N) is 2. The van der Waals surface area contributed by atoms with Crippen LogP contribution in [0.5, 0.6) is 5.75 Å². The van der Waals surface area contributed by atoms with Crippen LogP contribution in [0.15, 0.2) is 24.3 Å². The standard InChI is InChI=1S/C14H16N2O6/c1-9-6-15(7-10(9)14(18)19)13(17)8-22-12-5-3-2-4-11(12)16(20)21/h2-5,9-10H,6-8H2,1H3,(H,18,19)/t9-,10-/m1/s1. The van der Waals surface area contributed by atoms with Crippen molar-refractivity contribution in [3.05, 3.63) is 34.4 Å². The molecular weight excluding hydrogens is 292 g/mol. The van der Waals surface area contributed by atoms with Crippen LogP contribution in [-0.2, 0) is 9.59 Å². The van der Waals surface area contributed by atoms with Crippen LogP contribution in [0.4, 0.5) is 5.69 Å². The fourth-order valence-corrected chi connectivity index (χ4v) is 2.45. The van der Waals surface area contributed by atoms with E-state index in [9.17, 15) is 19.7 Å². The summed E-state index contributed by atoms with van der Waals surface area (Å²) in [7, 11) is 0. The second-order valence-electron chi connectivity index (χ2n) is 5.23. The van der Waals surface area contributed by atoms with Crippen LogP contribution in [0.25, 0.3) is 0 Å². The highest BCUT2D eigenvalue weighted by Gasteiger charge is 2.37. The van der Waals surface area contributed by atoms with Crippen molar-refractivity contribution < 1.29 is 24.4 Å². The van der Waals surface area contributed by atoms with Gasteiger partial charge in [0, 0.05) is 19.2 Å². The zero-order valence-corrected chi connectivity index (χ0v) is 12.0. The molecule has 2 rings (SSSR count). The second-order valence-corrected chi connectivity index (χ2v) is 5.23. The first-order valence-electron chi connectivity index (χ1n) is 6.77. The normalized spacial score (nSPS) is 20.7. The minimum absolute atomic E-state index is 0.0166. The summed E-state index contributed by atoms with van der Waals surface area (Å²) in [5, 5.41) is 19.9. The van der Waals surface area contributed by atoms with Gasteiger partial charge in [-0.25, -0.2) is 0 Å². The van der Waals surface area contributed by atoms with Gasteiger partial charge in [-0.05, 0) is 12.0 Å². The van der Waals surface area contributed by atoms with Crippen molar-refractivity contribution in [2.45, 2.75) is 6.92 Å². The summed E-state index contributed by atoms with van der Waals surface area (Å²) in [6.07, 6.45) is 0. The molecular formula is C14H16N2O6. The van der Waals surface area contributed by atoms with Crippen LogP contribution in [0, 0.1) is 22.0 Å². The first kappa shape index (κ1) is 15.7. The Bertz CT molecular complexity index is 603. The third kappa shape index (κ3) is 3.33. The number of hydrogen-bond donors (Lipinski definition) is 1. The zero-order valence-electron chi connectivity index (χ0n) is 12.0. The highest BCUT2D eigenvalue weighted by Crippen LogP contribution is 2.27. The molecule has 1 aliphatic heterocycles. The molecule has 0 radical (unpaired) electrons.